The van der Waals surface area contributed by atoms with Crippen LogP contribution in [0.5, 0.6) is 5.75 Å². The third-order valence-electron chi connectivity index (χ3n) is 5.79. The van der Waals surface area contributed by atoms with Gasteiger partial charge in [0, 0.05) is 29.7 Å². The van der Waals surface area contributed by atoms with Crippen LogP contribution in [0.15, 0.2) is 42.5 Å². The zero-order valence-electron chi connectivity index (χ0n) is 21.3. The SMILES string of the molecule is CC[C@H](C)NC(=O)[C@H](C)N(Cc1ccccc1Cl)C(=O)CN(c1cc([N+](=O)[O-])ccc1OC)S(C)(=O)=O. The number of amides is 2. The van der Waals surface area contributed by atoms with Gasteiger partial charge < -0.3 is 15.0 Å². The van der Waals surface area contributed by atoms with E-state index in [9.17, 15) is 28.1 Å². The van der Waals surface area contributed by atoms with E-state index >= 15 is 0 Å². The van der Waals surface area contributed by atoms with Crippen molar-refractivity contribution < 1.29 is 27.7 Å². The summed E-state index contributed by atoms with van der Waals surface area (Å²) in [5.74, 6) is -1.12. The third kappa shape index (κ3) is 7.80. The summed E-state index contributed by atoms with van der Waals surface area (Å²) in [6, 6.07) is 9.09. The summed E-state index contributed by atoms with van der Waals surface area (Å²) in [6.07, 6.45) is 1.54. The minimum atomic E-state index is -4.11. The molecule has 13 heteroatoms. The number of hydrogen-bond acceptors (Lipinski definition) is 7. The highest BCUT2D eigenvalue weighted by Crippen LogP contribution is 2.34. The molecule has 11 nitrogen and oxygen atoms in total. The molecule has 2 aromatic rings. The molecule has 0 bridgehead atoms. The second-order valence-corrected chi connectivity index (χ2v) is 10.8. The first-order valence-corrected chi connectivity index (χ1v) is 13.7. The number of nitrogens with one attached hydrogen (secondary N) is 1. The zero-order valence-corrected chi connectivity index (χ0v) is 22.9. The largest absolute Gasteiger partial charge is 0.495 e. The van der Waals surface area contributed by atoms with Crippen LogP contribution in [0, 0.1) is 10.1 Å². The summed E-state index contributed by atoms with van der Waals surface area (Å²) in [7, 11) is -2.84. The van der Waals surface area contributed by atoms with E-state index in [4.69, 9.17) is 16.3 Å². The zero-order chi connectivity index (χ0) is 27.9. The minimum Gasteiger partial charge on any atom is -0.495 e. The number of anilines is 1. The fraction of sp³-hybridized carbons (Fsp3) is 0.417. The lowest BCUT2D eigenvalue weighted by atomic mass is 10.1. The van der Waals surface area contributed by atoms with Gasteiger partial charge in [0.1, 0.15) is 24.0 Å². The first-order valence-electron chi connectivity index (χ1n) is 11.4. The van der Waals surface area contributed by atoms with Gasteiger partial charge in [-0.05, 0) is 38.0 Å². The number of carbonyl (C=O) groups excluding carboxylic acids is 2. The standard InChI is InChI=1S/C24H31ClN4O7S/c1-6-16(2)26-24(31)17(3)27(14-18-9-7-8-10-20(18)25)23(30)15-28(37(5,34)35)21-13-19(29(32)33)11-12-22(21)36-4/h7-13,16-17H,6,14-15H2,1-5H3,(H,26,31)/t16-,17-/m0/s1. The number of nitro benzene ring substituents is 1. The summed E-state index contributed by atoms with van der Waals surface area (Å²) in [4.78, 5) is 38.4. The number of ether oxygens (including phenoxy) is 1. The Hall–Kier alpha value is -3.38. The molecule has 202 valence electrons. The summed E-state index contributed by atoms with van der Waals surface area (Å²) in [5, 5.41) is 14.5. The Labute approximate surface area is 221 Å². The molecule has 2 amide bonds. The highest BCUT2D eigenvalue weighted by molar-refractivity contribution is 7.92. The molecular weight excluding hydrogens is 524 g/mol. The van der Waals surface area contributed by atoms with Gasteiger partial charge in [-0.1, -0.05) is 36.7 Å². The van der Waals surface area contributed by atoms with Gasteiger partial charge in [-0.25, -0.2) is 8.42 Å². The van der Waals surface area contributed by atoms with Gasteiger partial charge >= 0.3 is 0 Å². The molecule has 1 N–H and O–H groups in total. The normalized spacial score (nSPS) is 12.8. The van der Waals surface area contributed by atoms with Crippen LogP contribution >= 0.6 is 11.6 Å². The second kappa shape index (κ2) is 12.7. The van der Waals surface area contributed by atoms with Crippen LogP contribution in [0.2, 0.25) is 5.02 Å². The van der Waals surface area contributed by atoms with Crippen LogP contribution in [0.1, 0.15) is 32.8 Å². The quantitative estimate of drug-likeness (QED) is 0.313. The Kier molecular flexibility index (Phi) is 10.3. The van der Waals surface area contributed by atoms with E-state index in [1.54, 1.807) is 24.3 Å². The Balaban J connectivity index is 2.53. The van der Waals surface area contributed by atoms with Crippen LogP contribution in [0.25, 0.3) is 0 Å². The number of rotatable bonds is 12. The number of sulfonamides is 1. The van der Waals surface area contributed by atoms with Gasteiger partial charge in [0.25, 0.3) is 5.69 Å². The third-order valence-corrected chi connectivity index (χ3v) is 7.28. The molecule has 0 fully saturated rings. The van der Waals surface area contributed by atoms with E-state index in [0.29, 0.717) is 17.0 Å². The Bertz CT molecular complexity index is 1260. The number of nitrogens with zero attached hydrogens (tertiary/aromatic N) is 3. The van der Waals surface area contributed by atoms with Crippen LogP contribution in [0.4, 0.5) is 11.4 Å². The van der Waals surface area contributed by atoms with Crippen molar-refractivity contribution in [2.45, 2.75) is 45.8 Å². The fourth-order valence-electron chi connectivity index (χ4n) is 3.44. The van der Waals surface area contributed by atoms with Crippen molar-refractivity contribution in [3.63, 3.8) is 0 Å². The van der Waals surface area contributed by atoms with Crippen LogP contribution in [0.3, 0.4) is 0 Å². The maximum absolute atomic E-state index is 13.6. The first-order chi connectivity index (χ1) is 17.3. The van der Waals surface area contributed by atoms with Gasteiger partial charge in [0.15, 0.2) is 0 Å². The van der Waals surface area contributed by atoms with Crippen LogP contribution in [-0.2, 0) is 26.2 Å². The summed E-state index contributed by atoms with van der Waals surface area (Å²) in [6.45, 7) is 4.45. The summed E-state index contributed by atoms with van der Waals surface area (Å²) in [5.41, 5.74) is -0.00684. The van der Waals surface area contributed by atoms with Gasteiger partial charge in [0.2, 0.25) is 21.8 Å². The van der Waals surface area contributed by atoms with Gasteiger partial charge in [0.05, 0.1) is 18.3 Å². The van der Waals surface area contributed by atoms with Crippen molar-refractivity contribution in [1.29, 1.82) is 0 Å². The van der Waals surface area contributed by atoms with E-state index < -0.39 is 39.3 Å². The maximum atomic E-state index is 13.6. The number of benzene rings is 2. The number of nitro groups is 1. The number of halogens is 1. The van der Waals surface area contributed by atoms with Crippen LogP contribution < -0.4 is 14.4 Å². The summed E-state index contributed by atoms with van der Waals surface area (Å²) >= 11 is 6.30. The van der Waals surface area contributed by atoms with Crippen molar-refractivity contribution in [3.8, 4) is 5.75 Å². The maximum Gasteiger partial charge on any atom is 0.271 e. The van der Waals surface area contributed by atoms with Crippen LogP contribution in [-0.4, -0.2) is 62.0 Å². The lowest BCUT2D eigenvalue weighted by molar-refractivity contribution is -0.384. The lowest BCUT2D eigenvalue weighted by Gasteiger charge is -2.32. The van der Waals surface area contributed by atoms with Crippen molar-refractivity contribution in [1.82, 2.24) is 10.2 Å². The molecule has 2 rings (SSSR count). The molecule has 0 saturated carbocycles. The predicted molar refractivity (Wildman–Crippen MR) is 141 cm³/mol. The summed E-state index contributed by atoms with van der Waals surface area (Å²) < 4.78 is 31.5. The van der Waals surface area contributed by atoms with Crippen molar-refractivity contribution in [2.75, 3.05) is 24.2 Å². The van der Waals surface area contributed by atoms with Gasteiger partial charge in [-0.3, -0.25) is 24.0 Å². The average Bonchev–Trinajstić information content (AvgIpc) is 2.84. The highest BCUT2D eigenvalue weighted by Gasteiger charge is 2.32. The molecule has 0 unspecified atom stereocenters. The van der Waals surface area contributed by atoms with Crippen molar-refractivity contribution in [2.24, 2.45) is 0 Å². The van der Waals surface area contributed by atoms with E-state index in [1.165, 1.54) is 25.0 Å². The Morgan fingerprint density at radius 2 is 1.84 bits per heavy atom. The topological polar surface area (TPSA) is 139 Å². The molecule has 0 saturated heterocycles. The number of methoxy groups -OCH3 is 1. The number of non-ortho nitro benzene ring substituents is 1. The molecule has 37 heavy (non-hydrogen) atoms. The van der Waals surface area contributed by atoms with E-state index in [0.717, 1.165) is 22.7 Å². The molecule has 2 aromatic carbocycles. The van der Waals surface area contributed by atoms with Crippen molar-refractivity contribution in [3.05, 3.63) is 63.2 Å². The molecule has 0 aliphatic rings. The van der Waals surface area contributed by atoms with Crippen molar-refractivity contribution >= 4 is 44.8 Å². The van der Waals surface area contributed by atoms with Gasteiger partial charge in [-0.15, -0.1) is 0 Å². The predicted octanol–water partition coefficient (Wildman–Crippen LogP) is 3.35. The first kappa shape index (κ1) is 29.8. The molecule has 0 aliphatic heterocycles. The molecule has 0 aliphatic carbocycles. The smallest absolute Gasteiger partial charge is 0.271 e. The monoisotopic (exact) mass is 554 g/mol. The highest BCUT2D eigenvalue weighted by atomic mass is 35.5. The minimum absolute atomic E-state index is 0.0176. The van der Waals surface area contributed by atoms with E-state index in [-0.39, 0.29) is 29.7 Å². The fourth-order valence-corrected chi connectivity index (χ4v) is 4.48. The molecule has 2 atom stereocenters. The Morgan fingerprint density at radius 3 is 2.38 bits per heavy atom. The molecular formula is C24H31ClN4O7S. The number of carbonyl (C=O) groups is 2. The lowest BCUT2D eigenvalue weighted by Crippen LogP contribution is -2.52. The Morgan fingerprint density at radius 1 is 1.19 bits per heavy atom. The van der Waals surface area contributed by atoms with E-state index in [1.807, 2.05) is 13.8 Å². The van der Waals surface area contributed by atoms with Gasteiger partial charge in [-0.2, -0.15) is 0 Å². The molecule has 0 heterocycles. The molecule has 0 aromatic heterocycles. The van der Waals surface area contributed by atoms with E-state index in [2.05, 4.69) is 5.32 Å². The molecule has 0 radical (unpaired) electrons. The molecule has 0 spiro atoms. The second-order valence-electron chi connectivity index (χ2n) is 8.49. The average molecular weight is 555 g/mol. The number of hydrogen-bond donors (Lipinski definition) is 1.